The van der Waals surface area contributed by atoms with Crippen LogP contribution in [0.15, 0.2) is 16.7 Å². The van der Waals surface area contributed by atoms with Gasteiger partial charge >= 0.3 is 0 Å². The second-order valence-corrected chi connectivity index (χ2v) is 5.25. The lowest BCUT2D eigenvalue weighted by Crippen LogP contribution is -2.19. The maximum atomic E-state index is 9.18. The van der Waals surface area contributed by atoms with Gasteiger partial charge in [0.2, 0.25) is 0 Å². The average molecular weight is 271 g/mol. The molecule has 4 heteroatoms. The van der Waals surface area contributed by atoms with E-state index < -0.39 is 0 Å². The van der Waals surface area contributed by atoms with Crippen LogP contribution in [0.2, 0.25) is 0 Å². The van der Waals surface area contributed by atoms with Crippen LogP contribution in [-0.4, -0.2) is 23.2 Å². The zero-order chi connectivity index (χ0) is 10.9. The molecule has 0 spiro atoms. The van der Waals surface area contributed by atoms with Crippen LogP contribution < -0.4 is 5.32 Å². The third-order valence-electron chi connectivity index (χ3n) is 2.97. The number of aliphatic hydroxyl groups excluding tert-OH is 1. The van der Waals surface area contributed by atoms with Crippen LogP contribution in [-0.2, 0) is 0 Å². The highest BCUT2D eigenvalue weighted by Crippen LogP contribution is 2.44. The van der Waals surface area contributed by atoms with Crippen molar-refractivity contribution >= 4 is 21.7 Å². The van der Waals surface area contributed by atoms with Crippen molar-refractivity contribution in [2.45, 2.75) is 19.8 Å². The Balaban J connectivity index is 1.99. The van der Waals surface area contributed by atoms with Gasteiger partial charge in [-0.15, -0.1) is 0 Å². The van der Waals surface area contributed by atoms with Crippen LogP contribution in [0.5, 0.6) is 0 Å². The van der Waals surface area contributed by atoms with E-state index in [-0.39, 0.29) is 12.0 Å². The number of aryl methyl sites for hydroxylation is 1. The van der Waals surface area contributed by atoms with E-state index in [1.807, 2.05) is 13.0 Å². The Bertz CT molecular complexity index is 364. The maximum absolute atomic E-state index is 9.18. The molecule has 3 nitrogen and oxygen atoms in total. The first-order chi connectivity index (χ1) is 7.15. The molecule has 82 valence electrons. The summed E-state index contributed by atoms with van der Waals surface area (Å²) in [5.41, 5.74) is 1.25. The molecule has 2 N–H and O–H groups in total. The first kappa shape index (κ1) is 10.9. The van der Waals surface area contributed by atoms with Crippen molar-refractivity contribution < 1.29 is 5.11 Å². The molecule has 0 atom stereocenters. The van der Waals surface area contributed by atoms with Gasteiger partial charge in [0.1, 0.15) is 5.82 Å². The lowest BCUT2D eigenvalue weighted by atomic mass is 10.1. The molecule has 0 aromatic carbocycles. The van der Waals surface area contributed by atoms with E-state index in [2.05, 4.69) is 26.2 Å². The Morgan fingerprint density at radius 1 is 1.60 bits per heavy atom. The van der Waals surface area contributed by atoms with Crippen molar-refractivity contribution in [1.82, 2.24) is 4.98 Å². The number of aromatic nitrogens is 1. The van der Waals surface area contributed by atoms with Gasteiger partial charge in [0, 0.05) is 22.6 Å². The van der Waals surface area contributed by atoms with Crippen molar-refractivity contribution in [2.24, 2.45) is 5.41 Å². The second-order valence-electron chi connectivity index (χ2n) is 4.33. The molecule has 0 saturated heterocycles. The molecule has 1 saturated carbocycles. The minimum absolute atomic E-state index is 0.126. The Hall–Kier alpha value is -0.610. The molecule has 15 heavy (non-hydrogen) atoms. The summed E-state index contributed by atoms with van der Waals surface area (Å²) in [6.07, 6.45) is 4.02. The number of halogens is 1. The summed E-state index contributed by atoms with van der Waals surface area (Å²) in [5, 5.41) is 12.5. The smallest absolute Gasteiger partial charge is 0.128 e. The fourth-order valence-electron chi connectivity index (χ4n) is 1.56. The summed E-state index contributed by atoms with van der Waals surface area (Å²) >= 11 is 3.38. The largest absolute Gasteiger partial charge is 0.396 e. The van der Waals surface area contributed by atoms with Gasteiger partial charge in [-0.1, -0.05) is 0 Å². The number of rotatable bonds is 4. The van der Waals surface area contributed by atoms with Gasteiger partial charge in [-0.05, 0) is 47.3 Å². The zero-order valence-corrected chi connectivity index (χ0v) is 10.3. The number of pyridine rings is 1. The number of hydrogen-bond donors (Lipinski definition) is 2. The molecule has 1 aliphatic carbocycles. The predicted molar refractivity (Wildman–Crippen MR) is 63.9 cm³/mol. The van der Waals surface area contributed by atoms with Crippen molar-refractivity contribution in [2.75, 3.05) is 18.5 Å². The van der Waals surface area contributed by atoms with Gasteiger partial charge in [-0.25, -0.2) is 4.98 Å². The molecule has 1 aromatic rings. The number of anilines is 1. The van der Waals surface area contributed by atoms with Gasteiger partial charge in [-0.2, -0.15) is 0 Å². The molecule has 0 radical (unpaired) electrons. The van der Waals surface area contributed by atoms with Crippen LogP contribution in [0.4, 0.5) is 5.82 Å². The third kappa shape index (κ3) is 2.49. The molecular weight excluding hydrogens is 256 g/mol. The van der Waals surface area contributed by atoms with Gasteiger partial charge in [0.15, 0.2) is 0 Å². The minimum Gasteiger partial charge on any atom is -0.396 e. The van der Waals surface area contributed by atoms with Crippen molar-refractivity contribution in [3.63, 3.8) is 0 Å². The van der Waals surface area contributed by atoms with Gasteiger partial charge in [0.25, 0.3) is 0 Å². The Morgan fingerprint density at radius 2 is 2.33 bits per heavy atom. The summed E-state index contributed by atoms with van der Waals surface area (Å²) in [4.78, 5) is 4.30. The molecule has 0 aliphatic heterocycles. The Kier molecular flexibility index (Phi) is 2.98. The fourth-order valence-corrected chi connectivity index (χ4v) is 2.01. The number of nitrogens with zero attached hydrogens (tertiary/aromatic N) is 1. The van der Waals surface area contributed by atoms with Gasteiger partial charge < -0.3 is 10.4 Å². The van der Waals surface area contributed by atoms with Crippen molar-refractivity contribution in [3.05, 3.63) is 22.3 Å². The number of hydrogen-bond acceptors (Lipinski definition) is 3. The van der Waals surface area contributed by atoms with E-state index in [9.17, 15) is 5.11 Å². The van der Waals surface area contributed by atoms with Crippen LogP contribution in [0.3, 0.4) is 0 Å². The number of nitrogens with one attached hydrogen (secondary N) is 1. The Morgan fingerprint density at radius 3 is 2.87 bits per heavy atom. The summed E-state index contributed by atoms with van der Waals surface area (Å²) in [6, 6.07) is 2.04. The average Bonchev–Trinajstić information content (AvgIpc) is 2.97. The monoisotopic (exact) mass is 270 g/mol. The lowest BCUT2D eigenvalue weighted by molar-refractivity contribution is 0.219. The molecule has 1 aromatic heterocycles. The molecule has 0 amide bonds. The first-order valence-electron chi connectivity index (χ1n) is 5.12. The van der Waals surface area contributed by atoms with E-state index in [0.29, 0.717) is 0 Å². The molecule has 1 heterocycles. The van der Waals surface area contributed by atoms with Crippen LogP contribution in [0, 0.1) is 12.3 Å². The normalized spacial score (nSPS) is 17.5. The quantitative estimate of drug-likeness (QED) is 0.883. The van der Waals surface area contributed by atoms with E-state index in [4.69, 9.17) is 0 Å². The van der Waals surface area contributed by atoms with Crippen LogP contribution >= 0.6 is 15.9 Å². The predicted octanol–water partition coefficient (Wildman–Crippen LogP) is 2.34. The molecular formula is C11H15BrN2O. The highest BCUT2D eigenvalue weighted by molar-refractivity contribution is 9.10. The van der Waals surface area contributed by atoms with Crippen LogP contribution in [0.1, 0.15) is 18.4 Å². The third-order valence-corrected chi connectivity index (χ3v) is 3.40. The first-order valence-corrected chi connectivity index (χ1v) is 5.91. The van der Waals surface area contributed by atoms with Crippen molar-refractivity contribution in [3.8, 4) is 0 Å². The lowest BCUT2D eigenvalue weighted by Gasteiger charge is -2.14. The van der Waals surface area contributed by atoms with Crippen molar-refractivity contribution in [1.29, 1.82) is 0 Å². The summed E-state index contributed by atoms with van der Waals surface area (Å²) < 4.78 is 0.994. The van der Waals surface area contributed by atoms with Gasteiger partial charge in [-0.3, -0.25) is 0 Å². The molecule has 2 rings (SSSR count). The van der Waals surface area contributed by atoms with Gasteiger partial charge in [0.05, 0.1) is 6.61 Å². The topological polar surface area (TPSA) is 45.2 Å². The molecule has 1 fully saturated rings. The summed E-state index contributed by atoms with van der Waals surface area (Å²) in [5.74, 6) is 0.915. The summed E-state index contributed by atoms with van der Waals surface area (Å²) in [6.45, 7) is 3.12. The highest BCUT2D eigenvalue weighted by Gasteiger charge is 2.41. The van der Waals surface area contributed by atoms with E-state index in [1.165, 1.54) is 0 Å². The van der Waals surface area contributed by atoms with Crippen LogP contribution in [0.25, 0.3) is 0 Å². The second kappa shape index (κ2) is 4.10. The Labute approximate surface area is 98.0 Å². The van der Waals surface area contributed by atoms with E-state index in [0.717, 1.165) is 35.2 Å². The molecule has 0 unspecified atom stereocenters. The standard InChI is InChI=1S/C11H15BrN2O/c1-8-4-9(12)5-13-10(8)14-6-11(7-15)2-3-11/h4-5,15H,2-3,6-7H2,1H3,(H,13,14). The highest BCUT2D eigenvalue weighted by atomic mass is 79.9. The summed E-state index contributed by atoms with van der Waals surface area (Å²) in [7, 11) is 0. The minimum atomic E-state index is 0.126. The molecule has 0 bridgehead atoms. The van der Waals surface area contributed by atoms with E-state index >= 15 is 0 Å². The molecule has 1 aliphatic rings. The maximum Gasteiger partial charge on any atom is 0.128 e. The number of aliphatic hydroxyl groups is 1. The fraction of sp³-hybridized carbons (Fsp3) is 0.545. The zero-order valence-electron chi connectivity index (χ0n) is 8.76. The van der Waals surface area contributed by atoms with E-state index in [1.54, 1.807) is 6.20 Å². The SMILES string of the molecule is Cc1cc(Br)cnc1NCC1(CO)CC1.